The smallest absolute Gasteiger partial charge is 0.337 e. The van der Waals surface area contributed by atoms with E-state index in [2.05, 4.69) is 4.98 Å². The molecule has 1 fully saturated rings. The Kier molecular flexibility index (Phi) is 3.64. The molecule has 1 aliphatic rings. The Morgan fingerprint density at radius 2 is 2.16 bits per heavy atom. The number of carboxylic acid groups (broad SMARTS) is 1. The summed E-state index contributed by atoms with van der Waals surface area (Å²) < 4.78 is 0. The first kappa shape index (κ1) is 13.3. The number of hydrogen-bond donors (Lipinski definition) is 1. The lowest BCUT2D eigenvalue weighted by Gasteiger charge is -2.24. The minimum atomic E-state index is -1.22. The van der Waals surface area contributed by atoms with Crippen LogP contribution in [0.3, 0.4) is 0 Å². The van der Waals surface area contributed by atoms with Gasteiger partial charge < -0.3 is 10.0 Å². The van der Waals surface area contributed by atoms with Crippen LogP contribution in [0.1, 0.15) is 36.0 Å². The summed E-state index contributed by atoms with van der Waals surface area (Å²) in [5.41, 5.74) is -0.426. The van der Waals surface area contributed by atoms with Crippen molar-refractivity contribution in [2.45, 2.75) is 31.7 Å². The second-order valence-electron chi connectivity index (χ2n) is 4.68. The maximum atomic E-state index is 11.1. The van der Waals surface area contributed by atoms with Crippen molar-refractivity contribution in [3.8, 4) is 0 Å². The molecule has 7 nitrogen and oxygen atoms in total. The lowest BCUT2D eigenvalue weighted by molar-refractivity contribution is -0.384. The topological polar surface area (TPSA) is 96.6 Å². The number of anilines is 1. The van der Waals surface area contributed by atoms with Crippen LogP contribution in [-0.2, 0) is 0 Å². The molecule has 0 atom stereocenters. The third-order valence-electron chi connectivity index (χ3n) is 3.50. The van der Waals surface area contributed by atoms with E-state index >= 15 is 0 Å². The molecule has 2 rings (SSSR count). The Morgan fingerprint density at radius 3 is 2.68 bits per heavy atom. The maximum absolute atomic E-state index is 11.1. The van der Waals surface area contributed by atoms with Crippen molar-refractivity contribution < 1.29 is 14.8 Å². The monoisotopic (exact) mass is 265 g/mol. The maximum Gasteiger partial charge on any atom is 0.337 e. The number of pyridine rings is 1. The minimum Gasteiger partial charge on any atom is -0.478 e. The summed E-state index contributed by atoms with van der Waals surface area (Å²) in [7, 11) is 1.77. The van der Waals surface area contributed by atoms with Crippen molar-refractivity contribution in [1.82, 2.24) is 4.98 Å². The first-order valence-electron chi connectivity index (χ1n) is 6.11. The fourth-order valence-corrected chi connectivity index (χ4v) is 2.43. The third-order valence-corrected chi connectivity index (χ3v) is 3.50. The summed E-state index contributed by atoms with van der Waals surface area (Å²) in [6, 6.07) is 1.30. The van der Waals surface area contributed by atoms with Crippen molar-refractivity contribution in [2.24, 2.45) is 0 Å². The molecule has 0 radical (unpaired) electrons. The molecule has 0 bridgehead atoms. The molecular weight excluding hydrogens is 250 g/mol. The van der Waals surface area contributed by atoms with Gasteiger partial charge in [0, 0.05) is 25.4 Å². The molecule has 0 aromatic carbocycles. The summed E-state index contributed by atoms with van der Waals surface area (Å²) in [6.45, 7) is 0. The molecule has 1 N–H and O–H groups in total. The van der Waals surface area contributed by atoms with E-state index in [0.717, 1.165) is 37.9 Å². The zero-order valence-corrected chi connectivity index (χ0v) is 10.6. The van der Waals surface area contributed by atoms with Gasteiger partial charge in [0.15, 0.2) is 0 Å². The Balaban J connectivity index is 2.38. The summed E-state index contributed by atoms with van der Waals surface area (Å²) in [5, 5.41) is 19.9. The average molecular weight is 265 g/mol. The molecule has 19 heavy (non-hydrogen) atoms. The van der Waals surface area contributed by atoms with Crippen molar-refractivity contribution in [3.63, 3.8) is 0 Å². The van der Waals surface area contributed by atoms with Gasteiger partial charge in [-0.05, 0) is 12.8 Å². The number of carbonyl (C=O) groups is 1. The Bertz CT molecular complexity index is 512. The third kappa shape index (κ3) is 2.64. The molecular formula is C12H15N3O4. The highest BCUT2D eigenvalue weighted by atomic mass is 16.6. The number of rotatable bonds is 4. The first-order chi connectivity index (χ1) is 9.00. The first-order valence-corrected chi connectivity index (χ1v) is 6.11. The van der Waals surface area contributed by atoms with Crippen molar-refractivity contribution in [3.05, 3.63) is 27.9 Å². The predicted octanol–water partition coefficient (Wildman–Crippen LogP) is 2.07. The molecule has 1 saturated carbocycles. The van der Waals surface area contributed by atoms with E-state index in [-0.39, 0.29) is 23.1 Å². The van der Waals surface area contributed by atoms with Crippen LogP contribution in [0.25, 0.3) is 0 Å². The van der Waals surface area contributed by atoms with Gasteiger partial charge in [-0.25, -0.2) is 9.78 Å². The SMILES string of the molecule is CN(c1ncc(C(=O)O)cc1[N+](=O)[O-])C1CCCC1. The lowest BCUT2D eigenvalue weighted by Crippen LogP contribution is -2.30. The van der Waals surface area contributed by atoms with E-state index in [1.807, 2.05) is 0 Å². The largest absolute Gasteiger partial charge is 0.478 e. The zero-order valence-electron chi connectivity index (χ0n) is 10.6. The van der Waals surface area contributed by atoms with Gasteiger partial charge in [-0.2, -0.15) is 0 Å². The van der Waals surface area contributed by atoms with Gasteiger partial charge in [0.25, 0.3) is 0 Å². The number of nitrogens with zero attached hydrogens (tertiary/aromatic N) is 3. The molecule has 1 aliphatic carbocycles. The second kappa shape index (κ2) is 5.21. The quantitative estimate of drug-likeness (QED) is 0.661. The second-order valence-corrected chi connectivity index (χ2v) is 4.68. The predicted molar refractivity (Wildman–Crippen MR) is 68.5 cm³/mol. The molecule has 1 aromatic heterocycles. The Labute approximate surface area is 110 Å². The Hall–Kier alpha value is -2.18. The van der Waals surface area contributed by atoms with Gasteiger partial charge >= 0.3 is 11.7 Å². The van der Waals surface area contributed by atoms with Crippen molar-refractivity contribution >= 4 is 17.5 Å². The van der Waals surface area contributed by atoms with Crippen LogP contribution in [0.5, 0.6) is 0 Å². The van der Waals surface area contributed by atoms with Gasteiger partial charge in [-0.1, -0.05) is 12.8 Å². The van der Waals surface area contributed by atoms with Crippen LogP contribution < -0.4 is 4.90 Å². The van der Waals surface area contributed by atoms with Gasteiger partial charge in [-0.3, -0.25) is 10.1 Å². The summed E-state index contributed by atoms with van der Waals surface area (Å²) >= 11 is 0. The van der Waals surface area contributed by atoms with E-state index in [1.165, 1.54) is 0 Å². The van der Waals surface area contributed by atoms with Crippen LogP contribution in [0.15, 0.2) is 12.3 Å². The van der Waals surface area contributed by atoms with Gasteiger partial charge in [0.2, 0.25) is 5.82 Å². The van der Waals surface area contributed by atoms with Gasteiger partial charge in [0.05, 0.1) is 10.5 Å². The summed E-state index contributed by atoms with van der Waals surface area (Å²) in [4.78, 5) is 27.1. The van der Waals surface area contributed by atoms with Gasteiger partial charge in [-0.15, -0.1) is 0 Å². The van der Waals surface area contributed by atoms with E-state index in [9.17, 15) is 14.9 Å². The van der Waals surface area contributed by atoms with E-state index in [1.54, 1.807) is 11.9 Å². The summed E-state index contributed by atoms with van der Waals surface area (Å²) in [5.74, 6) is -0.979. The van der Waals surface area contributed by atoms with E-state index in [0.29, 0.717) is 0 Å². The molecule has 1 heterocycles. The molecule has 102 valence electrons. The molecule has 7 heteroatoms. The molecule has 0 saturated heterocycles. The van der Waals surface area contributed by atoms with Crippen molar-refractivity contribution in [2.75, 3.05) is 11.9 Å². The van der Waals surface area contributed by atoms with E-state index < -0.39 is 10.9 Å². The molecule has 0 unspecified atom stereocenters. The fraction of sp³-hybridized carbons (Fsp3) is 0.500. The number of nitro groups is 1. The van der Waals surface area contributed by atoms with E-state index in [4.69, 9.17) is 5.11 Å². The highest BCUT2D eigenvalue weighted by Gasteiger charge is 2.27. The number of aromatic carboxylic acids is 1. The highest BCUT2D eigenvalue weighted by Crippen LogP contribution is 2.31. The normalized spacial score (nSPS) is 15.4. The van der Waals surface area contributed by atoms with Crippen LogP contribution in [0, 0.1) is 10.1 Å². The van der Waals surface area contributed by atoms with Crippen molar-refractivity contribution in [1.29, 1.82) is 0 Å². The standard InChI is InChI=1S/C12H15N3O4/c1-14(9-4-2-3-5-9)11-10(15(18)19)6-8(7-13-11)12(16)17/h6-7,9H,2-5H2,1H3,(H,16,17). The van der Waals surface area contributed by atoms with Crippen LogP contribution >= 0.6 is 0 Å². The number of hydrogen-bond acceptors (Lipinski definition) is 5. The molecule has 1 aromatic rings. The summed E-state index contributed by atoms with van der Waals surface area (Å²) in [6.07, 6.45) is 5.34. The fourth-order valence-electron chi connectivity index (χ4n) is 2.43. The number of carboxylic acids is 1. The highest BCUT2D eigenvalue weighted by molar-refractivity contribution is 5.88. The average Bonchev–Trinajstić information content (AvgIpc) is 2.90. The lowest BCUT2D eigenvalue weighted by atomic mass is 10.2. The zero-order chi connectivity index (χ0) is 14.0. The molecule has 0 spiro atoms. The van der Waals surface area contributed by atoms with Gasteiger partial charge in [0.1, 0.15) is 0 Å². The Morgan fingerprint density at radius 1 is 1.53 bits per heavy atom. The molecule has 0 amide bonds. The minimum absolute atomic E-state index is 0.171. The van der Waals surface area contributed by atoms with Crippen LogP contribution in [-0.4, -0.2) is 34.1 Å². The molecule has 0 aliphatic heterocycles. The number of aromatic nitrogens is 1. The van der Waals surface area contributed by atoms with Crippen LogP contribution in [0.4, 0.5) is 11.5 Å². The van der Waals surface area contributed by atoms with Crippen LogP contribution in [0.2, 0.25) is 0 Å².